The normalized spacial score (nSPS) is 13.5. The second-order valence-electron chi connectivity index (χ2n) is 9.24. The third kappa shape index (κ3) is 4.50. The van der Waals surface area contributed by atoms with Crippen molar-refractivity contribution in [1.82, 2.24) is 14.1 Å². The lowest BCUT2D eigenvalue weighted by molar-refractivity contribution is 0.0475. The number of aromatic nitrogens is 3. The van der Waals surface area contributed by atoms with Crippen molar-refractivity contribution in [3.63, 3.8) is 0 Å². The van der Waals surface area contributed by atoms with Gasteiger partial charge in [0.15, 0.2) is 6.61 Å². The molecule has 1 aliphatic carbocycles. The molecule has 4 aromatic rings. The molecule has 0 saturated heterocycles. The number of nitrogen functional groups attached to an aromatic ring is 1. The summed E-state index contributed by atoms with van der Waals surface area (Å²) >= 11 is 0. The zero-order chi connectivity index (χ0) is 27.8. The van der Waals surface area contributed by atoms with Crippen LogP contribution in [0.25, 0.3) is 22.6 Å². The molecule has 2 aromatic carbocycles. The van der Waals surface area contributed by atoms with Crippen molar-refractivity contribution in [3.8, 4) is 5.75 Å². The molecule has 2 N–H and O–H groups in total. The van der Waals surface area contributed by atoms with Crippen LogP contribution in [0.15, 0.2) is 58.1 Å². The summed E-state index contributed by atoms with van der Waals surface area (Å²) in [5.41, 5.74) is 8.32. The smallest absolute Gasteiger partial charge is 0.339 e. The van der Waals surface area contributed by atoms with E-state index in [2.05, 4.69) is 0 Å². The quantitative estimate of drug-likeness (QED) is 0.299. The number of ether oxygens (including phenoxy) is 2. The minimum Gasteiger partial charge on any atom is -0.497 e. The number of para-hydroxylation sites is 1. The molecule has 0 saturated carbocycles. The summed E-state index contributed by atoms with van der Waals surface area (Å²) in [5, 5.41) is 0.608. The van der Waals surface area contributed by atoms with Gasteiger partial charge in [-0.3, -0.25) is 18.7 Å². The molecule has 0 radical (unpaired) electrons. The van der Waals surface area contributed by atoms with Crippen LogP contribution in [-0.4, -0.2) is 39.6 Å². The molecule has 10 nitrogen and oxygen atoms in total. The molecule has 2 heterocycles. The monoisotopic (exact) mass is 526 g/mol. The molecule has 5 rings (SSSR count). The number of methoxy groups -OCH3 is 1. The van der Waals surface area contributed by atoms with Crippen molar-refractivity contribution in [2.75, 3.05) is 19.5 Å². The lowest BCUT2D eigenvalue weighted by Gasteiger charge is -2.13. The van der Waals surface area contributed by atoms with Crippen LogP contribution in [0.2, 0.25) is 0 Å². The molecule has 0 bridgehead atoms. The summed E-state index contributed by atoms with van der Waals surface area (Å²) in [4.78, 5) is 55.8. The number of nitrogens with zero attached hydrogens (tertiary/aromatic N) is 3. The molecule has 0 amide bonds. The van der Waals surface area contributed by atoms with Crippen molar-refractivity contribution >= 4 is 40.1 Å². The number of anilines is 1. The van der Waals surface area contributed by atoms with Gasteiger partial charge in [-0.15, -0.1) is 0 Å². The standard InChI is InChI=1S/C29H26N4O6/c1-32-26(30)24(27(35)33(2)29(32)37)22(34)15-39-28(36)23-19-6-4-5-7-21(19)31-25-17(10-13-20(23)25)14-16-8-11-18(38-3)12-9-16/h4-9,11-12,14H,10,13,15,30H2,1-3H3/b17-14-. The van der Waals surface area contributed by atoms with Gasteiger partial charge in [-0.1, -0.05) is 30.3 Å². The second kappa shape index (κ2) is 10.1. The Morgan fingerprint density at radius 3 is 2.44 bits per heavy atom. The minimum atomic E-state index is -0.847. The van der Waals surface area contributed by atoms with Crippen molar-refractivity contribution < 1.29 is 19.1 Å². The van der Waals surface area contributed by atoms with E-state index in [4.69, 9.17) is 20.2 Å². The van der Waals surface area contributed by atoms with E-state index in [0.717, 1.165) is 31.6 Å². The van der Waals surface area contributed by atoms with Gasteiger partial charge >= 0.3 is 11.7 Å². The van der Waals surface area contributed by atoms with E-state index in [-0.39, 0.29) is 5.82 Å². The molecule has 0 fully saturated rings. The first kappa shape index (κ1) is 25.7. The number of benzene rings is 2. The van der Waals surface area contributed by atoms with Crippen molar-refractivity contribution in [2.24, 2.45) is 14.1 Å². The van der Waals surface area contributed by atoms with E-state index in [1.165, 1.54) is 14.1 Å². The molecule has 2 aromatic heterocycles. The number of hydrogen-bond donors (Lipinski definition) is 1. The van der Waals surface area contributed by atoms with Crippen molar-refractivity contribution in [2.45, 2.75) is 12.8 Å². The van der Waals surface area contributed by atoms with E-state index >= 15 is 0 Å². The lowest BCUT2D eigenvalue weighted by atomic mass is 10.0. The molecule has 1 aliphatic rings. The average Bonchev–Trinajstić information content (AvgIpc) is 3.34. The number of rotatable bonds is 6. The highest BCUT2D eigenvalue weighted by atomic mass is 16.5. The summed E-state index contributed by atoms with van der Waals surface area (Å²) < 4.78 is 12.5. The Morgan fingerprint density at radius 2 is 1.72 bits per heavy atom. The fraction of sp³-hybridized carbons (Fsp3) is 0.207. The van der Waals surface area contributed by atoms with Crippen LogP contribution in [-0.2, 0) is 25.3 Å². The van der Waals surface area contributed by atoms with E-state index in [1.54, 1.807) is 19.2 Å². The summed E-state index contributed by atoms with van der Waals surface area (Å²) in [6.07, 6.45) is 3.28. The van der Waals surface area contributed by atoms with Crippen LogP contribution >= 0.6 is 0 Å². The minimum absolute atomic E-state index is 0.285. The zero-order valence-electron chi connectivity index (χ0n) is 21.7. The van der Waals surface area contributed by atoms with E-state index < -0.39 is 35.2 Å². The Bertz CT molecular complexity index is 1800. The van der Waals surface area contributed by atoms with Gasteiger partial charge in [-0.25, -0.2) is 14.6 Å². The number of nitrogens with two attached hydrogens (primary N) is 1. The highest BCUT2D eigenvalue weighted by Gasteiger charge is 2.29. The van der Waals surface area contributed by atoms with Crippen LogP contribution in [0.3, 0.4) is 0 Å². The van der Waals surface area contributed by atoms with Crippen molar-refractivity contribution in [1.29, 1.82) is 0 Å². The Morgan fingerprint density at radius 1 is 1.00 bits per heavy atom. The van der Waals surface area contributed by atoms with Gasteiger partial charge < -0.3 is 15.2 Å². The van der Waals surface area contributed by atoms with Crippen molar-refractivity contribution in [3.05, 3.63) is 97.3 Å². The lowest BCUT2D eigenvalue weighted by Crippen LogP contribution is -2.42. The summed E-state index contributed by atoms with van der Waals surface area (Å²) in [7, 11) is 4.21. The number of allylic oxidation sites excluding steroid dienone is 1. The van der Waals surface area contributed by atoms with Gasteiger partial charge in [0.1, 0.15) is 17.1 Å². The summed E-state index contributed by atoms with van der Waals surface area (Å²) in [5.74, 6) is -1.03. The number of carbonyl (C=O) groups excluding carboxylic acids is 2. The van der Waals surface area contributed by atoms with Crippen LogP contribution in [0.1, 0.15) is 44.0 Å². The first-order valence-corrected chi connectivity index (χ1v) is 12.2. The molecule has 198 valence electrons. The third-order valence-electron chi connectivity index (χ3n) is 6.93. The number of Topliss-reactive ketones (excluding diaryl/α,β-unsaturated/α-hetero) is 1. The number of carbonyl (C=O) groups is 2. The second-order valence-corrected chi connectivity index (χ2v) is 9.24. The molecule has 0 spiro atoms. The highest BCUT2D eigenvalue weighted by molar-refractivity contribution is 6.08. The highest BCUT2D eigenvalue weighted by Crippen LogP contribution is 2.38. The molecule has 10 heteroatoms. The Labute approximate surface area is 222 Å². The van der Waals surface area contributed by atoms with Crippen LogP contribution in [0, 0.1) is 0 Å². The number of pyridine rings is 1. The van der Waals surface area contributed by atoms with Crippen LogP contribution in [0.5, 0.6) is 5.75 Å². The molecular formula is C29H26N4O6. The Hall–Kier alpha value is -4.99. The molecule has 0 atom stereocenters. The topological polar surface area (TPSA) is 136 Å². The number of esters is 1. The molecular weight excluding hydrogens is 500 g/mol. The van der Waals surface area contributed by atoms with Gasteiger partial charge in [-0.2, -0.15) is 0 Å². The van der Waals surface area contributed by atoms with Gasteiger partial charge in [0.25, 0.3) is 5.56 Å². The van der Waals surface area contributed by atoms with E-state index in [1.807, 2.05) is 42.5 Å². The number of fused-ring (bicyclic) bond motifs is 2. The largest absolute Gasteiger partial charge is 0.497 e. The van der Waals surface area contributed by atoms with E-state index in [9.17, 15) is 19.2 Å². The summed E-state index contributed by atoms with van der Waals surface area (Å²) in [6.45, 7) is -0.712. The third-order valence-corrected chi connectivity index (χ3v) is 6.93. The zero-order valence-corrected chi connectivity index (χ0v) is 21.7. The molecule has 0 aliphatic heterocycles. The SMILES string of the molecule is COc1ccc(/C=C2/CCc3c2nc2ccccc2c3C(=O)OCC(=O)c2c(N)n(C)c(=O)n(C)c2=O)cc1. The average molecular weight is 527 g/mol. The Balaban J connectivity index is 1.50. The van der Waals surface area contributed by atoms with Gasteiger partial charge in [-0.05, 0) is 53.8 Å². The van der Waals surface area contributed by atoms with Crippen LogP contribution in [0.4, 0.5) is 5.82 Å². The first-order valence-electron chi connectivity index (χ1n) is 12.2. The molecule has 39 heavy (non-hydrogen) atoms. The van der Waals surface area contributed by atoms with Gasteiger partial charge in [0.05, 0.1) is 23.9 Å². The Kier molecular flexibility index (Phi) is 6.61. The number of hydrogen-bond acceptors (Lipinski definition) is 8. The maximum absolute atomic E-state index is 13.4. The first-order chi connectivity index (χ1) is 18.7. The van der Waals surface area contributed by atoms with Gasteiger partial charge in [0, 0.05) is 19.5 Å². The fourth-order valence-electron chi connectivity index (χ4n) is 4.81. The predicted molar refractivity (Wildman–Crippen MR) is 147 cm³/mol. The van der Waals surface area contributed by atoms with E-state index in [0.29, 0.717) is 35.0 Å². The maximum atomic E-state index is 13.4. The van der Waals surface area contributed by atoms with Gasteiger partial charge in [0.2, 0.25) is 5.78 Å². The van der Waals surface area contributed by atoms with Crippen LogP contribution < -0.4 is 21.7 Å². The fourth-order valence-corrected chi connectivity index (χ4v) is 4.81. The molecule has 0 unspecified atom stereocenters. The summed E-state index contributed by atoms with van der Waals surface area (Å²) in [6, 6.07) is 14.9. The predicted octanol–water partition coefficient (Wildman–Crippen LogP) is 2.75. The number of ketones is 1. The maximum Gasteiger partial charge on any atom is 0.339 e.